The molecule has 0 aliphatic heterocycles. The topological polar surface area (TPSA) is 80.7 Å². The Morgan fingerprint density at radius 3 is 2.38 bits per heavy atom. The van der Waals surface area contributed by atoms with Gasteiger partial charge in [0.1, 0.15) is 6.42 Å². The highest BCUT2D eigenvalue weighted by Crippen LogP contribution is 1.92. The molecule has 5 heteroatoms. The molecule has 0 aromatic carbocycles. The average molecular weight is 188 g/mol. The number of unbranched alkanes of at least 4 members (excludes halogenated alkanes) is 1. The molecule has 5 nitrogen and oxygen atoms in total. The largest absolute Gasteiger partial charge is 0.481 e. The Labute approximate surface area is 75.7 Å². The Morgan fingerprint density at radius 2 is 1.92 bits per heavy atom. The predicted octanol–water partition coefficient (Wildman–Crippen LogP) is 0.374. The standard InChI is InChI=1S/C8H12O5/c1-2-3-4-13-8(12)6(9)5-7(10)11/h2-5H2,1H3,(H,10,11). The third kappa shape index (κ3) is 5.84. The van der Waals surface area contributed by atoms with E-state index in [9.17, 15) is 14.4 Å². The zero-order valence-corrected chi connectivity index (χ0v) is 7.41. The highest BCUT2D eigenvalue weighted by atomic mass is 16.5. The van der Waals surface area contributed by atoms with Crippen molar-refractivity contribution in [1.29, 1.82) is 0 Å². The average Bonchev–Trinajstić information content (AvgIpc) is 2.03. The van der Waals surface area contributed by atoms with Gasteiger partial charge >= 0.3 is 11.9 Å². The minimum atomic E-state index is -1.32. The minimum absolute atomic E-state index is 0.167. The smallest absolute Gasteiger partial charge is 0.375 e. The van der Waals surface area contributed by atoms with Crippen LogP contribution in [0.3, 0.4) is 0 Å². The van der Waals surface area contributed by atoms with Crippen molar-refractivity contribution in [1.82, 2.24) is 0 Å². The second-order valence-corrected chi connectivity index (χ2v) is 2.48. The van der Waals surface area contributed by atoms with Gasteiger partial charge in [-0.1, -0.05) is 13.3 Å². The number of Topliss-reactive ketones (excluding diaryl/α,β-unsaturated/α-hetero) is 1. The van der Waals surface area contributed by atoms with Gasteiger partial charge in [-0.2, -0.15) is 0 Å². The third-order valence-corrected chi connectivity index (χ3v) is 1.27. The summed E-state index contributed by atoms with van der Waals surface area (Å²) in [5.41, 5.74) is 0. The summed E-state index contributed by atoms with van der Waals surface area (Å²) < 4.78 is 4.49. The molecule has 0 fully saturated rings. The lowest BCUT2D eigenvalue weighted by Gasteiger charge is -2.00. The molecule has 74 valence electrons. The third-order valence-electron chi connectivity index (χ3n) is 1.27. The maximum Gasteiger partial charge on any atom is 0.375 e. The summed E-state index contributed by atoms with van der Waals surface area (Å²) in [6.45, 7) is 2.08. The molecule has 0 amide bonds. The second kappa shape index (κ2) is 6.16. The van der Waals surface area contributed by atoms with Crippen molar-refractivity contribution >= 4 is 17.7 Å². The van der Waals surface area contributed by atoms with Gasteiger partial charge in [0.05, 0.1) is 6.61 Å². The van der Waals surface area contributed by atoms with Crippen molar-refractivity contribution in [2.24, 2.45) is 0 Å². The lowest BCUT2D eigenvalue weighted by atomic mass is 10.3. The van der Waals surface area contributed by atoms with Crippen LogP contribution in [0, 0.1) is 0 Å². The van der Waals surface area contributed by atoms with Gasteiger partial charge in [-0.25, -0.2) is 4.79 Å². The first-order chi connectivity index (χ1) is 6.07. The first-order valence-electron chi connectivity index (χ1n) is 3.99. The number of aliphatic carboxylic acids is 1. The number of rotatable bonds is 6. The molecule has 0 atom stereocenters. The molecule has 1 N–H and O–H groups in total. The van der Waals surface area contributed by atoms with Crippen molar-refractivity contribution < 1.29 is 24.2 Å². The van der Waals surface area contributed by atoms with Gasteiger partial charge in [-0.3, -0.25) is 9.59 Å². The quantitative estimate of drug-likeness (QED) is 0.282. The molecule has 13 heavy (non-hydrogen) atoms. The summed E-state index contributed by atoms with van der Waals surface area (Å²) >= 11 is 0. The van der Waals surface area contributed by atoms with Gasteiger partial charge in [0, 0.05) is 0 Å². The van der Waals surface area contributed by atoms with Crippen LogP contribution >= 0.6 is 0 Å². The van der Waals surface area contributed by atoms with Gasteiger partial charge in [0.2, 0.25) is 0 Å². The number of hydrogen-bond acceptors (Lipinski definition) is 4. The molecular weight excluding hydrogens is 176 g/mol. The Kier molecular flexibility index (Phi) is 5.50. The maximum atomic E-state index is 10.7. The van der Waals surface area contributed by atoms with Crippen LogP contribution in [0.25, 0.3) is 0 Å². The number of esters is 1. The van der Waals surface area contributed by atoms with Gasteiger partial charge in [-0.05, 0) is 6.42 Å². The van der Waals surface area contributed by atoms with Crippen molar-refractivity contribution in [3.05, 3.63) is 0 Å². The molecule has 0 radical (unpaired) electrons. The normalized spacial score (nSPS) is 9.31. The van der Waals surface area contributed by atoms with E-state index in [0.29, 0.717) is 6.42 Å². The fourth-order valence-corrected chi connectivity index (χ4v) is 0.599. The van der Waals surface area contributed by atoms with Gasteiger partial charge < -0.3 is 9.84 Å². The van der Waals surface area contributed by atoms with E-state index in [2.05, 4.69) is 4.74 Å². The van der Waals surface area contributed by atoms with E-state index in [1.165, 1.54) is 0 Å². The Morgan fingerprint density at radius 1 is 1.31 bits per heavy atom. The molecule has 0 spiro atoms. The first kappa shape index (κ1) is 11.6. The zero-order valence-electron chi connectivity index (χ0n) is 7.41. The molecule has 0 rings (SSSR count). The zero-order chi connectivity index (χ0) is 10.3. The number of carbonyl (C=O) groups is 3. The summed E-state index contributed by atoms with van der Waals surface area (Å²) in [5.74, 6) is -3.39. The van der Waals surface area contributed by atoms with Crippen LogP contribution < -0.4 is 0 Å². The molecule has 0 unspecified atom stereocenters. The van der Waals surface area contributed by atoms with Gasteiger partial charge in [0.25, 0.3) is 5.78 Å². The molecule has 0 saturated carbocycles. The van der Waals surface area contributed by atoms with E-state index in [4.69, 9.17) is 5.11 Å². The van der Waals surface area contributed by atoms with Gasteiger partial charge in [0.15, 0.2) is 0 Å². The highest BCUT2D eigenvalue weighted by Gasteiger charge is 2.18. The Hall–Kier alpha value is -1.39. The minimum Gasteiger partial charge on any atom is -0.481 e. The molecule has 0 aliphatic carbocycles. The fourth-order valence-electron chi connectivity index (χ4n) is 0.599. The van der Waals surface area contributed by atoms with E-state index < -0.39 is 24.1 Å². The van der Waals surface area contributed by atoms with Crippen molar-refractivity contribution in [3.63, 3.8) is 0 Å². The van der Waals surface area contributed by atoms with Crippen LogP contribution in [0.5, 0.6) is 0 Å². The van der Waals surface area contributed by atoms with Crippen molar-refractivity contribution in [2.45, 2.75) is 26.2 Å². The fraction of sp³-hybridized carbons (Fsp3) is 0.625. The van der Waals surface area contributed by atoms with Crippen LogP contribution in [0.4, 0.5) is 0 Å². The van der Waals surface area contributed by atoms with E-state index >= 15 is 0 Å². The lowest BCUT2D eigenvalue weighted by Crippen LogP contribution is -2.20. The number of carboxylic acid groups (broad SMARTS) is 1. The summed E-state index contributed by atoms with van der Waals surface area (Å²) in [5, 5.41) is 8.18. The highest BCUT2D eigenvalue weighted by molar-refractivity contribution is 6.36. The number of carbonyl (C=O) groups excluding carboxylic acids is 2. The van der Waals surface area contributed by atoms with E-state index in [1.807, 2.05) is 6.92 Å². The van der Waals surface area contributed by atoms with Crippen LogP contribution in [0.15, 0.2) is 0 Å². The summed E-state index contributed by atoms with van der Waals surface area (Å²) in [4.78, 5) is 31.4. The van der Waals surface area contributed by atoms with E-state index in [0.717, 1.165) is 6.42 Å². The number of carboxylic acids is 1. The Bertz CT molecular complexity index is 209. The van der Waals surface area contributed by atoms with Crippen LogP contribution in [0.1, 0.15) is 26.2 Å². The van der Waals surface area contributed by atoms with Crippen LogP contribution in [0.2, 0.25) is 0 Å². The first-order valence-corrected chi connectivity index (χ1v) is 3.99. The van der Waals surface area contributed by atoms with Crippen molar-refractivity contribution in [3.8, 4) is 0 Å². The van der Waals surface area contributed by atoms with E-state index in [1.54, 1.807) is 0 Å². The predicted molar refractivity (Wildman–Crippen MR) is 43.1 cm³/mol. The van der Waals surface area contributed by atoms with Crippen LogP contribution in [-0.4, -0.2) is 29.4 Å². The van der Waals surface area contributed by atoms with E-state index in [-0.39, 0.29) is 6.61 Å². The molecule has 0 heterocycles. The molecular formula is C8H12O5. The summed E-state index contributed by atoms with van der Waals surface area (Å²) in [7, 11) is 0. The monoisotopic (exact) mass is 188 g/mol. The molecule has 0 bridgehead atoms. The molecule has 0 saturated heterocycles. The van der Waals surface area contributed by atoms with Crippen molar-refractivity contribution in [2.75, 3.05) is 6.61 Å². The Balaban J connectivity index is 3.70. The SMILES string of the molecule is CCCCOC(=O)C(=O)CC(=O)O. The lowest BCUT2D eigenvalue weighted by molar-refractivity contribution is -0.156. The second-order valence-electron chi connectivity index (χ2n) is 2.48. The summed E-state index contributed by atoms with van der Waals surface area (Å²) in [6, 6.07) is 0. The number of hydrogen-bond donors (Lipinski definition) is 1. The van der Waals surface area contributed by atoms with Gasteiger partial charge in [-0.15, -0.1) is 0 Å². The number of ketones is 1. The maximum absolute atomic E-state index is 10.7. The molecule has 0 aromatic heterocycles. The number of ether oxygens (including phenoxy) is 1. The molecule has 0 aromatic rings. The summed E-state index contributed by atoms with van der Waals surface area (Å²) in [6.07, 6.45) is 0.720. The van der Waals surface area contributed by atoms with Crippen LogP contribution in [-0.2, 0) is 19.1 Å². The molecule has 0 aliphatic rings.